The first-order chi connectivity index (χ1) is 9.29. The molecule has 1 amide bonds. The summed E-state index contributed by atoms with van der Waals surface area (Å²) >= 11 is 1.29. The van der Waals surface area contributed by atoms with Gasteiger partial charge in [0.15, 0.2) is 0 Å². The normalized spacial score (nSPS) is 20.9. The minimum Gasteiger partial charge on any atom is -0.389 e. The van der Waals surface area contributed by atoms with E-state index < -0.39 is 10.9 Å². The molecule has 1 aromatic rings. The van der Waals surface area contributed by atoms with Gasteiger partial charge in [-0.2, -0.15) is 0 Å². The minimum atomic E-state index is -1.10. The molecule has 1 heterocycles. The molecule has 0 aliphatic carbocycles. The fourth-order valence-corrected chi connectivity index (χ4v) is 4.85. The predicted molar refractivity (Wildman–Crippen MR) is 80.7 cm³/mol. The van der Waals surface area contributed by atoms with Crippen LogP contribution in [-0.2, 0) is 4.79 Å². The fourth-order valence-electron chi connectivity index (χ4n) is 1.95. The number of carbonyl (C=O) groups is 1. The molecule has 0 bridgehead atoms. The SMILES string of the molecule is C[C@H]([Si]C1=NC(=O)C(C(C)(C)O)S1)c1ccccc1F. The largest absolute Gasteiger partial charge is 0.389 e. The number of benzene rings is 1. The van der Waals surface area contributed by atoms with Gasteiger partial charge in [0, 0.05) is 0 Å². The maximum atomic E-state index is 13.7. The lowest BCUT2D eigenvalue weighted by molar-refractivity contribution is -0.120. The zero-order valence-corrected chi connectivity index (χ0v) is 13.4. The zero-order valence-electron chi connectivity index (χ0n) is 11.6. The monoisotopic (exact) mass is 309 g/mol. The van der Waals surface area contributed by atoms with Crippen molar-refractivity contribution in [2.75, 3.05) is 0 Å². The van der Waals surface area contributed by atoms with Crippen LogP contribution in [0.3, 0.4) is 0 Å². The van der Waals surface area contributed by atoms with Gasteiger partial charge in [0.1, 0.15) is 20.6 Å². The topological polar surface area (TPSA) is 49.7 Å². The second-order valence-corrected chi connectivity index (χ2v) is 8.38. The summed E-state index contributed by atoms with van der Waals surface area (Å²) in [7, 11) is 0.225. The Hall–Kier alpha value is -0.983. The summed E-state index contributed by atoms with van der Waals surface area (Å²) in [5.74, 6) is -0.535. The molecule has 6 heteroatoms. The highest BCUT2D eigenvalue weighted by molar-refractivity contribution is 8.18. The molecule has 2 rings (SSSR count). The van der Waals surface area contributed by atoms with Gasteiger partial charge in [-0.25, -0.2) is 9.38 Å². The van der Waals surface area contributed by atoms with Crippen molar-refractivity contribution in [1.29, 1.82) is 0 Å². The number of thioether (sulfide) groups is 1. The average molecular weight is 309 g/mol. The van der Waals surface area contributed by atoms with Gasteiger partial charge in [0.2, 0.25) is 0 Å². The van der Waals surface area contributed by atoms with E-state index in [1.165, 1.54) is 17.8 Å². The molecule has 0 saturated carbocycles. The Kier molecular flexibility index (Phi) is 4.46. The van der Waals surface area contributed by atoms with E-state index in [4.69, 9.17) is 0 Å². The average Bonchev–Trinajstić information content (AvgIpc) is 2.70. The third-order valence-electron chi connectivity index (χ3n) is 3.02. The molecule has 1 aromatic carbocycles. The molecule has 20 heavy (non-hydrogen) atoms. The van der Waals surface area contributed by atoms with E-state index in [2.05, 4.69) is 4.99 Å². The zero-order chi connectivity index (χ0) is 14.9. The number of hydrogen-bond acceptors (Lipinski definition) is 3. The van der Waals surface area contributed by atoms with Crippen molar-refractivity contribution in [3.8, 4) is 0 Å². The first kappa shape index (κ1) is 15.4. The Morgan fingerprint density at radius 2 is 2.10 bits per heavy atom. The molecule has 106 valence electrons. The summed E-state index contributed by atoms with van der Waals surface area (Å²) in [5, 5.41) is 9.37. The van der Waals surface area contributed by atoms with E-state index in [0.717, 1.165) is 0 Å². The quantitative estimate of drug-likeness (QED) is 0.869. The van der Waals surface area contributed by atoms with Crippen molar-refractivity contribution in [3.63, 3.8) is 0 Å². The van der Waals surface area contributed by atoms with Crippen LogP contribution in [0.15, 0.2) is 29.3 Å². The van der Waals surface area contributed by atoms with E-state index >= 15 is 0 Å². The van der Waals surface area contributed by atoms with Gasteiger partial charge in [0.05, 0.1) is 10.3 Å². The van der Waals surface area contributed by atoms with Gasteiger partial charge in [-0.3, -0.25) is 4.79 Å². The van der Waals surface area contributed by atoms with E-state index in [9.17, 15) is 14.3 Å². The number of hydrogen-bond donors (Lipinski definition) is 1. The summed E-state index contributed by atoms with van der Waals surface area (Å²) < 4.78 is 14.4. The molecule has 0 fully saturated rings. The summed E-state index contributed by atoms with van der Waals surface area (Å²) in [4.78, 5) is 15.8. The highest BCUT2D eigenvalue weighted by Gasteiger charge is 2.39. The molecule has 0 spiro atoms. The standard InChI is InChI=1S/C14H16FNO2SSi/c1-8(9-6-4-5-7-10(9)15)20-13-16-12(17)11(19-13)14(2,3)18/h4-8,11,18H,1-3H3/t8-,11?/m0/s1. The van der Waals surface area contributed by atoms with E-state index in [-0.39, 0.29) is 26.8 Å². The lowest BCUT2D eigenvalue weighted by Gasteiger charge is -2.22. The van der Waals surface area contributed by atoms with E-state index in [1.54, 1.807) is 32.0 Å². The van der Waals surface area contributed by atoms with Crippen molar-refractivity contribution in [2.45, 2.75) is 37.2 Å². The Morgan fingerprint density at radius 1 is 1.45 bits per heavy atom. The molecule has 1 aliphatic heterocycles. The smallest absolute Gasteiger partial charge is 0.262 e. The van der Waals surface area contributed by atoms with Gasteiger partial charge in [-0.15, -0.1) is 0 Å². The molecule has 1 unspecified atom stereocenters. The van der Waals surface area contributed by atoms with Gasteiger partial charge in [0.25, 0.3) is 5.91 Å². The molecule has 0 aromatic heterocycles. The number of rotatable bonds is 4. The van der Waals surface area contributed by atoms with Crippen LogP contribution < -0.4 is 0 Å². The number of amides is 1. The van der Waals surface area contributed by atoms with Crippen LogP contribution in [0.5, 0.6) is 0 Å². The van der Waals surface area contributed by atoms with E-state index in [0.29, 0.717) is 10.2 Å². The van der Waals surface area contributed by atoms with Crippen LogP contribution in [-0.4, -0.2) is 36.1 Å². The van der Waals surface area contributed by atoms with Gasteiger partial charge in [-0.05, 0) is 31.0 Å². The van der Waals surface area contributed by atoms with E-state index in [1.807, 2.05) is 6.92 Å². The lowest BCUT2D eigenvalue weighted by Crippen LogP contribution is -2.37. The molecule has 1 aliphatic rings. The number of nitrogens with zero attached hydrogens (tertiary/aromatic N) is 1. The number of halogens is 1. The van der Waals surface area contributed by atoms with Crippen LogP contribution in [0.1, 0.15) is 31.9 Å². The molecular formula is C14H16FNO2SSi. The van der Waals surface area contributed by atoms with Crippen molar-refractivity contribution in [2.24, 2.45) is 4.99 Å². The van der Waals surface area contributed by atoms with Crippen LogP contribution in [0, 0.1) is 5.82 Å². The second-order valence-electron chi connectivity index (χ2n) is 5.29. The van der Waals surface area contributed by atoms with Crippen LogP contribution >= 0.6 is 11.8 Å². The van der Waals surface area contributed by atoms with Crippen molar-refractivity contribution in [1.82, 2.24) is 0 Å². The Bertz CT molecular complexity index is 556. The van der Waals surface area contributed by atoms with Crippen LogP contribution in [0.4, 0.5) is 4.39 Å². The van der Waals surface area contributed by atoms with Gasteiger partial charge >= 0.3 is 0 Å². The van der Waals surface area contributed by atoms with Crippen LogP contribution in [0.2, 0.25) is 0 Å². The number of aliphatic imine (C=N–C) groups is 1. The molecule has 2 radical (unpaired) electrons. The van der Waals surface area contributed by atoms with Crippen LogP contribution in [0.25, 0.3) is 0 Å². The molecular weight excluding hydrogens is 293 g/mol. The Balaban J connectivity index is 2.07. The Morgan fingerprint density at radius 3 is 2.65 bits per heavy atom. The highest BCUT2D eigenvalue weighted by Crippen LogP contribution is 2.32. The maximum absolute atomic E-state index is 13.7. The fraction of sp³-hybridized carbons (Fsp3) is 0.429. The molecule has 2 atom stereocenters. The number of aliphatic hydroxyl groups is 1. The van der Waals surface area contributed by atoms with Gasteiger partial charge in [-0.1, -0.05) is 36.9 Å². The Labute approximate surface area is 124 Å². The third kappa shape index (κ3) is 3.37. The first-order valence-electron chi connectivity index (χ1n) is 6.31. The predicted octanol–water partition coefficient (Wildman–Crippen LogP) is 2.36. The summed E-state index contributed by atoms with van der Waals surface area (Å²) in [6.45, 7) is 5.12. The molecule has 1 N–H and O–H groups in total. The first-order valence-corrected chi connectivity index (χ1v) is 8.27. The van der Waals surface area contributed by atoms with Crippen molar-refractivity contribution in [3.05, 3.63) is 35.6 Å². The number of carbonyl (C=O) groups excluding carboxylic acids is 1. The molecule has 0 saturated heterocycles. The highest BCUT2D eigenvalue weighted by atomic mass is 32.2. The summed E-state index contributed by atoms with van der Waals surface area (Å²) in [6, 6.07) is 6.64. The van der Waals surface area contributed by atoms with Gasteiger partial charge < -0.3 is 5.11 Å². The van der Waals surface area contributed by atoms with Crippen molar-refractivity contribution >= 4 is 31.9 Å². The minimum absolute atomic E-state index is 0.0317. The second kappa shape index (κ2) is 5.79. The molecule has 3 nitrogen and oxygen atoms in total. The summed E-state index contributed by atoms with van der Waals surface area (Å²) in [5.41, 5.74) is -0.497. The lowest BCUT2D eigenvalue weighted by atomic mass is 10.1. The van der Waals surface area contributed by atoms with Crippen molar-refractivity contribution < 1.29 is 14.3 Å². The maximum Gasteiger partial charge on any atom is 0.262 e. The summed E-state index contributed by atoms with van der Waals surface area (Å²) in [6.07, 6.45) is 0. The third-order valence-corrected chi connectivity index (χ3v) is 6.16.